The normalized spacial score (nSPS) is 11.0. The molecule has 2 aromatic rings. The molecular formula is C17H19NO3. The molecule has 0 atom stereocenters. The van der Waals surface area contributed by atoms with Crippen LogP contribution in [0.3, 0.4) is 0 Å². The van der Waals surface area contributed by atoms with Crippen LogP contribution in [0.1, 0.15) is 31.1 Å². The number of rotatable bonds is 3. The number of nitrogen functional groups attached to an aromatic ring is 1. The average molecular weight is 285 g/mol. The first-order chi connectivity index (χ1) is 9.83. The monoisotopic (exact) mass is 285 g/mol. The van der Waals surface area contributed by atoms with Gasteiger partial charge in [-0.05, 0) is 69.3 Å². The van der Waals surface area contributed by atoms with Crippen molar-refractivity contribution in [3.8, 4) is 11.5 Å². The van der Waals surface area contributed by atoms with Crippen molar-refractivity contribution in [1.29, 1.82) is 0 Å². The van der Waals surface area contributed by atoms with Crippen LogP contribution in [0.25, 0.3) is 0 Å². The first kappa shape index (κ1) is 14.9. The molecule has 0 saturated heterocycles. The molecule has 0 aliphatic heterocycles. The predicted molar refractivity (Wildman–Crippen MR) is 82.5 cm³/mol. The van der Waals surface area contributed by atoms with Gasteiger partial charge in [-0.1, -0.05) is 0 Å². The third kappa shape index (κ3) is 4.53. The third-order valence-corrected chi connectivity index (χ3v) is 2.60. The molecule has 0 amide bonds. The molecule has 0 aliphatic carbocycles. The van der Waals surface area contributed by atoms with Crippen LogP contribution >= 0.6 is 0 Å². The van der Waals surface area contributed by atoms with Crippen molar-refractivity contribution in [3.05, 3.63) is 54.1 Å². The van der Waals surface area contributed by atoms with Gasteiger partial charge in [0.1, 0.15) is 17.1 Å². The number of nitrogens with two attached hydrogens (primary N) is 1. The Morgan fingerprint density at radius 3 is 1.86 bits per heavy atom. The fourth-order valence-electron chi connectivity index (χ4n) is 1.67. The molecule has 0 bridgehead atoms. The van der Waals surface area contributed by atoms with Gasteiger partial charge in [-0.15, -0.1) is 0 Å². The lowest BCUT2D eigenvalue weighted by Gasteiger charge is -2.19. The van der Waals surface area contributed by atoms with E-state index in [0.29, 0.717) is 22.7 Å². The number of carbonyl (C=O) groups excluding carboxylic acids is 1. The number of anilines is 1. The maximum atomic E-state index is 11.9. The molecule has 0 fully saturated rings. The maximum Gasteiger partial charge on any atom is 0.338 e. The minimum Gasteiger partial charge on any atom is -0.457 e. The molecule has 0 heterocycles. The fraction of sp³-hybridized carbons (Fsp3) is 0.235. The highest BCUT2D eigenvalue weighted by atomic mass is 16.6. The van der Waals surface area contributed by atoms with Gasteiger partial charge < -0.3 is 15.2 Å². The lowest BCUT2D eigenvalue weighted by Crippen LogP contribution is -2.23. The van der Waals surface area contributed by atoms with Crippen molar-refractivity contribution >= 4 is 11.7 Å². The van der Waals surface area contributed by atoms with Crippen molar-refractivity contribution in [2.75, 3.05) is 5.73 Å². The van der Waals surface area contributed by atoms with E-state index in [1.54, 1.807) is 48.5 Å². The van der Waals surface area contributed by atoms with E-state index in [9.17, 15) is 4.79 Å². The zero-order chi connectivity index (χ0) is 15.5. The zero-order valence-electron chi connectivity index (χ0n) is 12.4. The Balaban J connectivity index is 2.05. The van der Waals surface area contributed by atoms with E-state index in [0.717, 1.165) is 0 Å². The van der Waals surface area contributed by atoms with Crippen LogP contribution in [0.2, 0.25) is 0 Å². The highest BCUT2D eigenvalue weighted by Gasteiger charge is 2.17. The van der Waals surface area contributed by atoms with Crippen molar-refractivity contribution in [3.63, 3.8) is 0 Å². The Morgan fingerprint density at radius 1 is 0.905 bits per heavy atom. The second-order valence-corrected chi connectivity index (χ2v) is 5.70. The SMILES string of the molecule is CC(C)(C)OC(=O)c1ccc(Oc2ccc(N)cc2)cc1. The van der Waals surface area contributed by atoms with Crippen LogP contribution in [0, 0.1) is 0 Å². The van der Waals surface area contributed by atoms with Gasteiger partial charge in [-0.2, -0.15) is 0 Å². The van der Waals surface area contributed by atoms with Crippen LogP contribution in [-0.4, -0.2) is 11.6 Å². The first-order valence-corrected chi connectivity index (χ1v) is 6.70. The number of hydrogen-bond donors (Lipinski definition) is 1. The number of ether oxygens (including phenoxy) is 2. The Kier molecular flexibility index (Phi) is 4.17. The quantitative estimate of drug-likeness (QED) is 0.683. The summed E-state index contributed by atoms with van der Waals surface area (Å²) < 4.78 is 11.0. The van der Waals surface area contributed by atoms with E-state index < -0.39 is 5.60 Å². The highest BCUT2D eigenvalue weighted by Crippen LogP contribution is 2.23. The zero-order valence-corrected chi connectivity index (χ0v) is 12.4. The molecule has 0 unspecified atom stereocenters. The summed E-state index contributed by atoms with van der Waals surface area (Å²) in [4.78, 5) is 11.9. The molecular weight excluding hydrogens is 266 g/mol. The van der Waals surface area contributed by atoms with Gasteiger partial charge in [0, 0.05) is 5.69 Å². The van der Waals surface area contributed by atoms with Crippen LogP contribution in [-0.2, 0) is 4.74 Å². The fourth-order valence-corrected chi connectivity index (χ4v) is 1.67. The van der Waals surface area contributed by atoms with Crippen molar-refractivity contribution in [2.24, 2.45) is 0 Å². The third-order valence-electron chi connectivity index (χ3n) is 2.60. The first-order valence-electron chi connectivity index (χ1n) is 6.70. The summed E-state index contributed by atoms with van der Waals surface area (Å²) in [5, 5.41) is 0. The van der Waals surface area contributed by atoms with Crippen molar-refractivity contribution < 1.29 is 14.3 Å². The van der Waals surface area contributed by atoms with E-state index in [4.69, 9.17) is 15.2 Å². The molecule has 4 nitrogen and oxygen atoms in total. The largest absolute Gasteiger partial charge is 0.457 e. The van der Waals surface area contributed by atoms with Crippen LogP contribution in [0.15, 0.2) is 48.5 Å². The Bertz CT molecular complexity index is 610. The summed E-state index contributed by atoms with van der Waals surface area (Å²) >= 11 is 0. The summed E-state index contributed by atoms with van der Waals surface area (Å²) in [7, 11) is 0. The van der Waals surface area contributed by atoms with Gasteiger partial charge in [-0.25, -0.2) is 4.79 Å². The maximum absolute atomic E-state index is 11.9. The number of esters is 1. The van der Waals surface area contributed by atoms with Gasteiger partial charge in [0.15, 0.2) is 0 Å². The van der Waals surface area contributed by atoms with E-state index in [2.05, 4.69) is 0 Å². The number of benzene rings is 2. The Morgan fingerprint density at radius 2 is 1.38 bits per heavy atom. The number of hydrogen-bond acceptors (Lipinski definition) is 4. The van der Waals surface area contributed by atoms with Crippen molar-refractivity contribution in [1.82, 2.24) is 0 Å². The van der Waals surface area contributed by atoms with Crippen LogP contribution < -0.4 is 10.5 Å². The molecule has 21 heavy (non-hydrogen) atoms. The van der Waals surface area contributed by atoms with E-state index in [1.165, 1.54) is 0 Å². The molecule has 0 radical (unpaired) electrons. The van der Waals surface area contributed by atoms with Crippen LogP contribution in [0.5, 0.6) is 11.5 Å². The topological polar surface area (TPSA) is 61.5 Å². The molecule has 0 aromatic heterocycles. The molecule has 110 valence electrons. The second kappa shape index (κ2) is 5.87. The van der Waals surface area contributed by atoms with Gasteiger partial charge in [-0.3, -0.25) is 0 Å². The lowest BCUT2D eigenvalue weighted by molar-refractivity contribution is 0.00695. The summed E-state index contributed by atoms with van der Waals surface area (Å²) in [6.45, 7) is 5.51. The summed E-state index contributed by atoms with van der Waals surface area (Å²) in [6.07, 6.45) is 0. The minimum absolute atomic E-state index is 0.346. The Hall–Kier alpha value is -2.49. The molecule has 0 saturated carbocycles. The van der Waals surface area contributed by atoms with Crippen LogP contribution in [0.4, 0.5) is 5.69 Å². The van der Waals surface area contributed by atoms with E-state index in [-0.39, 0.29) is 5.97 Å². The standard InChI is InChI=1S/C17H19NO3/c1-17(2,3)21-16(19)12-4-8-14(9-5-12)20-15-10-6-13(18)7-11-15/h4-11H,18H2,1-3H3. The number of carbonyl (C=O) groups is 1. The van der Waals surface area contributed by atoms with Crippen molar-refractivity contribution in [2.45, 2.75) is 26.4 Å². The van der Waals surface area contributed by atoms with E-state index >= 15 is 0 Å². The molecule has 2 aromatic carbocycles. The summed E-state index contributed by atoms with van der Waals surface area (Å²) in [6, 6.07) is 13.9. The molecule has 4 heteroatoms. The summed E-state index contributed by atoms with van der Waals surface area (Å²) in [5.41, 5.74) is 6.29. The minimum atomic E-state index is -0.504. The molecule has 2 N–H and O–H groups in total. The lowest BCUT2D eigenvalue weighted by atomic mass is 10.1. The van der Waals surface area contributed by atoms with Gasteiger partial charge >= 0.3 is 5.97 Å². The van der Waals surface area contributed by atoms with Gasteiger partial charge in [0.25, 0.3) is 0 Å². The predicted octanol–water partition coefficient (Wildman–Crippen LogP) is 4.02. The average Bonchev–Trinajstić information content (AvgIpc) is 2.40. The van der Waals surface area contributed by atoms with Gasteiger partial charge in [0.2, 0.25) is 0 Å². The van der Waals surface area contributed by atoms with Gasteiger partial charge in [0.05, 0.1) is 5.56 Å². The molecule has 2 rings (SSSR count). The summed E-state index contributed by atoms with van der Waals surface area (Å²) in [5.74, 6) is 0.989. The smallest absolute Gasteiger partial charge is 0.338 e. The highest BCUT2D eigenvalue weighted by molar-refractivity contribution is 5.89. The molecule has 0 spiro atoms. The second-order valence-electron chi connectivity index (χ2n) is 5.70. The van der Waals surface area contributed by atoms with E-state index in [1.807, 2.05) is 20.8 Å². The molecule has 0 aliphatic rings. The Labute approximate surface area is 124 Å².